The summed E-state index contributed by atoms with van der Waals surface area (Å²) in [7, 11) is 0. The molecule has 0 bridgehead atoms. The largest absolute Gasteiger partial charge is 0.312 e. The van der Waals surface area contributed by atoms with E-state index < -0.39 is 0 Å². The van der Waals surface area contributed by atoms with Crippen LogP contribution in [0, 0.1) is 12.7 Å². The van der Waals surface area contributed by atoms with Crippen LogP contribution in [0.5, 0.6) is 0 Å². The van der Waals surface area contributed by atoms with E-state index in [9.17, 15) is 4.39 Å². The molecule has 0 aliphatic rings. The Morgan fingerprint density at radius 1 is 1.24 bits per heavy atom. The first-order valence-electron chi connectivity index (χ1n) is 5.76. The molecule has 2 aromatic rings. The Hall–Kier alpha value is -1.19. The zero-order valence-corrected chi connectivity index (χ0v) is 10.9. The molecule has 1 aromatic carbocycles. The topological polar surface area (TPSA) is 12.0 Å². The molecule has 1 aromatic heterocycles. The van der Waals surface area contributed by atoms with E-state index in [1.165, 1.54) is 10.9 Å². The van der Waals surface area contributed by atoms with Crippen molar-refractivity contribution in [3.8, 4) is 10.4 Å². The van der Waals surface area contributed by atoms with Crippen LogP contribution in [-0.2, 0) is 6.54 Å². The van der Waals surface area contributed by atoms with Gasteiger partial charge in [0.05, 0.1) is 0 Å². The zero-order valence-electron chi connectivity index (χ0n) is 10.1. The second kappa shape index (κ2) is 5.43. The molecule has 2 rings (SSSR count). The first-order chi connectivity index (χ1) is 8.20. The molecule has 1 nitrogen and oxygen atoms in total. The lowest BCUT2D eigenvalue weighted by atomic mass is 10.1. The maximum atomic E-state index is 13.2. The van der Waals surface area contributed by atoms with E-state index in [1.54, 1.807) is 17.4 Å². The van der Waals surface area contributed by atoms with Crippen LogP contribution in [0.25, 0.3) is 10.4 Å². The average molecular weight is 249 g/mol. The third-order valence-electron chi connectivity index (χ3n) is 2.68. The van der Waals surface area contributed by atoms with Crippen LogP contribution in [0.15, 0.2) is 30.3 Å². The molecule has 0 amide bonds. The molecule has 0 saturated carbocycles. The smallest absolute Gasteiger partial charge is 0.123 e. The van der Waals surface area contributed by atoms with Gasteiger partial charge in [-0.15, -0.1) is 11.3 Å². The predicted octanol–water partition coefficient (Wildman–Crippen LogP) is 3.97. The lowest BCUT2D eigenvalue weighted by molar-refractivity contribution is 0.628. The number of nitrogens with one attached hydrogen (secondary N) is 1. The number of aryl methyl sites for hydroxylation is 1. The second-order valence-electron chi connectivity index (χ2n) is 4.01. The van der Waals surface area contributed by atoms with E-state index in [1.807, 2.05) is 13.0 Å². The van der Waals surface area contributed by atoms with Gasteiger partial charge in [-0.2, -0.15) is 0 Å². The van der Waals surface area contributed by atoms with Crippen molar-refractivity contribution in [2.45, 2.75) is 20.4 Å². The molecule has 90 valence electrons. The van der Waals surface area contributed by atoms with Gasteiger partial charge in [0.15, 0.2) is 0 Å². The van der Waals surface area contributed by atoms with Crippen molar-refractivity contribution >= 4 is 11.3 Å². The van der Waals surface area contributed by atoms with Gasteiger partial charge in [0.25, 0.3) is 0 Å². The second-order valence-corrected chi connectivity index (χ2v) is 5.17. The van der Waals surface area contributed by atoms with Crippen molar-refractivity contribution in [2.75, 3.05) is 6.54 Å². The average Bonchev–Trinajstić information content (AvgIpc) is 2.78. The zero-order chi connectivity index (χ0) is 12.3. The molecule has 0 aliphatic carbocycles. The van der Waals surface area contributed by atoms with E-state index in [2.05, 4.69) is 24.4 Å². The first-order valence-corrected chi connectivity index (χ1v) is 6.58. The standard InChI is InChI=1S/C14H16FNS/c1-3-16-9-12-6-7-14(17-12)13-8-11(15)5-4-10(13)2/h4-8,16H,3,9H2,1-2H3. The number of thiophene rings is 1. The monoisotopic (exact) mass is 249 g/mol. The predicted molar refractivity (Wildman–Crippen MR) is 71.8 cm³/mol. The van der Waals surface area contributed by atoms with Crippen LogP contribution in [0.1, 0.15) is 17.4 Å². The van der Waals surface area contributed by atoms with Crippen LogP contribution in [0.3, 0.4) is 0 Å². The van der Waals surface area contributed by atoms with Gasteiger partial charge in [-0.3, -0.25) is 0 Å². The summed E-state index contributed by atoms with van der Waals surface area (Å²) in [5.41, 5.74) is 2.11. The molecule has 1 N–H and O–H groups in total. The fourth-order valence-corrected chi connectivity index (χ4v) is 2.78. The Morgan fingerprint density at radius 2 is 2.06 bits per heavy atom. The number of hydrogen-bond donors (Lipinski definition) is 1. The highest BCUT2D eigenvalue weighted by molar-refractivity contribution is 7.15. The number of halogens is 1. The summed E-state index contributed by atoms with van der Waals surface area (Å²) in [5.74, 6) is -0.174. The molecular weight excluding hydrogens is 233 g/mol. The summed E-state index contributed by atoms with van der Waals surface area (Å²) in [4.78, 5) is 2.42. The molecule has 0 atom stereocenters. The molecule has 0 unspecified atom stereocenters. The molecular formula is C14H16FNS. The Labute approximate surface area is 105 Å². The minimum atomic E-state index is -0.174. The van der Waals surface area contributed by atoms with E-state index in [0.717, 1.165) is 29.1 Å². The lowest BCUT2D eigenvalue weighted by Gasteiger charge is -2.03. The van der Waals surface area contributed by atoms with Gasteiger partial charge in [-0.1, -0.05) is 13.0 Å². The summed E-state index contributed by atoms with van der Waals surface area (Å²) in [6.07, 6.45) is 0. The molecule has 3 heteroatoms. The van der Waals surface area contributed by atoms with Crippen molar-refractivity contribution in [3.63, 3.8) is 0 Å². The summed E-state index contributed by atoms with van der Waals surface area (Å²) in [5, 5.41) is 3.29. The quantitative estimate of drug-likeness (QED) is 0.864. The maximum Gasteiger partial charge on any atom is 0.123 e. The molecule has 1 heterocycles. The first kappa shape index (κ1) is 12.3. The van der Waals surface area contributed by atoms with Crippen molar-refractivity contribution < 1.29 is 4.39 Å². The molecule has 0 aliphatic heterocycles. The minimum absolute atomic E-state index is 0.174. The van der Waals surface area contributed by atoms with Gasteiger partial charge in [-0.05, 0) is 48.9 Å². The number of rotatable bonds is 4. The fourth-order valence-electron chi connectivity index (χ4n) is 1.73. The third kappa shape index (κ3) is 2.93. The van der Waals surface area contributed by atoms with Crippen molar-refractivity contribution in [1.29, 1.82) is 0 Å². The Bertz CT molecular complexity index is 505. The van der Waals surface area contributed by atoms with Crippen LogP contribution in [0.4, 0.5) is 4.39 Å². The lowest BCUT2D eigenvalue weighted by Crippen LogP contribution is -2.10. The van der Waals surface area contributed by atoms with Crippen LogP contribution < -0.4 is 5.32 Å². The normalized spacial score (nSPS) is 10.8. The molecule has 0 saturated heterocycles. The van der Waals surface area contributed by atoms with Gasteiger partial charge >= 0.3 is 0 Å². The Morgan fingerprint density at radius 3 is 2.82 bits per heavy atom. The minimum Gasteiger partial charge on any atom is -0.312 e. The highest BCUT2D eigenvalue weighted by Crippen LogP contribution is 2.31. The van der Waals surface area contributed by atoms with Crippen molar-refractivity contribution in [1.82, 2.24) is 5.32 Å². The van der Waals surface area contributed by atoms with Gasteiger partial charge in [0.1, 0.15) is 5.82 Å². The fraction of sp³-hybridized carbons (Fsp3) is 0.286. The summed E-state index contributed by atoms with van der Waals surface area (Å²) in [6.45, 7) is 5.95. The Balaban J connectivity index is 2.27. The van der Waals surface area contributed by atoms with Gasteiger partial charge < -0.3 is 5.32 Å². The molecule has 0 radical (unpaired) electrons. The van der Waals surface area contributed by atoms with Crippen LogP contribution in [0.2, 0.25) is 0 Å². The summed E-state index contributed by atoms with van der Waals surface area (Å²) < 4.78 is 13.2. The SMILES string of the molecule is CCNCc1ccc(-c2cc(F)ccc2C)s1. The van der Waals surface area contributed by atoms with Crippen molar-refractivity contribution in [2.24, 2.45) is 0 Å². The molecule has 0 fully saturated rings. The highest BCUT2D eigenvalue weighted by Gasteiger charge is 2.06. The van der Waals surface area contributed by atoms with E-state index >= 15 is 0 Å². The van der Waals surface area contributed by atoms with Gasteiger partial charge in [-0.25, -0.2) is 4.39 Å². The van der Waals surface area contributed by atoms with E-state index in [-0.39, 0.29) is 5.82 Å². The van der Waals surface area contributed by atoms with Gasteiger partial charge in [0.2, 0.25) is 0 Å². The van der Waals surface area contributed by atoms with E-state index in [4.69, 9.17) is 0 Å². The maximum absolute atomic E-state index is 13.2. The van der Waals surface area contributed by atoms with Crippen LogP contribution >= 0.6 is 11.3 Å². The number of hydrogen-bond acceptors (Lipinski definition) is 2. The van der Waals surface area contributed by atoms with E-state index in [0.29, 0.717) is 0 Å². The molecule has 0 spiro atoms. The molecule has 17 heavy (non-hydrogen) atoms. The van der Waals surface area contributed by atoms with Gasteiger partial charge in [0, 0.05) is 16.3 Å². The van der Waals surface area contributed by atoms with Crippen LogP contribution in [-0.4, -0.2) is 6.54 Å². The van der Waals surface area contributed by atoms with Crippen molar-refractivity contribution in [3.05, 3.63) is 46.6 Å². The Kier molecular flexibility index (Phi) is 3.92. The summed E-state index contributed by atoms with van der Waals surface area (Å²) in [6, 6.07) is 9.12. The number of benzene rings is 1. The summed E-state index contributed by atoms with van der Waals surface area (Å²) >= 11 is 1.72. The third-order valence-corrected chi connectivity index (χ3v) is 3.79. The highest BCUT2D eigenvalue weighted by atomic mass is 32.1.